The SMILES string of the molecule is COc1ccc(C(=O)C(C)N2CCCC(C)C2)cc1N. The Hall–Kier alpha value is -1.55. The average molecular weight is 276 g/mol. The van der Waals surface area contributed by atoms with Crippen LogP contribution in [0.5, 0.6) is 5.75 Å². The third-order valence-corrected chi connectivity index (χ3v) is 4.13. The van der Waals surface area contributed by atoms with Crippen LogP contribution < -0.4 is 10.5 Å². The van der Waals surface area contributed by atoms with E-state index in [1.165, 1.54) is 12.8 Å². The van der Waals surface area contributed by atoms with Crippen LogP contribution in [0.25, 0.3) is 0 Å². The Morgan fingerprint density at radius 3 is 2.85 bits per heavy atom. The molecule has 0 bridgehead atoms. The minimum absolute atomic E-state index is 0.0921. The fourth-order valence-electron chi connectivity index (χ4n) is 2.87. The van der Waals surface area contributed by atoms with Gasteiger partial charge in [-0.2, -0.15) is 0 Å². The molecule has 1 aromatic carbocycles. The average Bonchev–Trinajstić information content (AvgIpc) is 2.45. The highest BCUT2D eigenvalue weighted by Crippen LogP contribution is 2.24. The van der Waals surface area contributed by atoms with Crippen LogP contribution in [0, 0.1) is 5.92 Å². The zero-order valence-electron chi connectivity index (χ0n) is 12.6. The standard InChI is InChI=1S/C16H24N2O2/c1-11-5-4-8-18(10-11)12(2)16(19)13-6-7-15(20-3)14(17)9-13/h6-7,9,11-12H,4-5,8,10,17H2,1-3H3. The Balaban J connectivity index is 2.11. The Bertz CT molecular complexity index is 487. The van der Waals surface area contributed by atoms with Crippen LogP contribution in [0.2, 0.25) is 0 Å². The van der Waals surface area contributed by atoms with Crippen LogP contribution in [-0.2, 0) is 0 Å². The summed E-state index contributed by atoms with van der Waals surface area (Å²) in [4.78, 5) is 14.8. The number of ether oxygens (including phenoxy) is 1. The largest absolute Gasteiger partial charge is 0.495 e. The highest BCUT2D eigenvalue weighted by atomic mass is 16.5. The summed E-state index contributed by atoms with van der Waals surface area (Å²) in [5.74, 6) is 1.41. The summed E-state index contributed by atoms with van der Waals surface area (Å²) >= 11 is 0. The number of benzene rings is 1. The molecular weight excluding hydrogens is 252 g/mol. The van der Waals surface area contributed by atoms with Crippen LogP contribution in [0.3, 0.4) is 0 Å². The minimum Gasteiger partial charge on any atom is -0.495 e. The highest BCUT2D eigenvalue weighted by molar-refractivity contribution is 6.00. The van der Waals surface area contributed by atoms with E-state index in [9.17, 15) is 4.79 Å². The van der Waals surface area contributed by atoms with E-state index in [4.69, 9.17) is 10.5 Å². The maximum atomic E-state index is 12.6. The molecule has 0 aromatic heterocycles. The van der Waals surface area contributed by atoms with E-state index < -0.39 is 0 Å². The lowest BCUT2D eigenvalue weighted by atomic mass is 9.96. The quantitative estimate of drug-likeness (QED) is 0.678. The summed E-state index contributed by atoms with van der Waals surface area (Å²) in [5.41, 5.74) is 7.05. The molecule has 0 saturated carbocycles. The molecule has 2 rings (SSSR count). The van der Waals surface area contributed by atoms with E-state index in [0.717, 1.165) is 13.1 Å². The molecule has 1 aliphatic heterocycles. The maximum absolute atomic E-state index is 12.6. The van der Waals surface area contributed by atoms with Gasteiger partial charge >= 0.3 is 0 Å². The summed E-state index contributed by atoms with van der Waals surface area (Å²) in [5, 5.41) is 0. The van der Waals surface area contributed by atoms with Gasteiger partial charge in [-0.05, 0) is 50.4 Å². The second-order valence-corrected chi connectivity index (χ2v) is 5.74. The van der Waals surface area contributed by atoms with Crippen molar-refractivity contribution in [2.75, 3.05) is 25.9 Å². The Labute approximate surface area is 120 Å². The molecule has 0 spiro atoms. The number of nitrogens with zero attached hydrogens (tertiary/aromatic N) is 1. The van der Waals surface area contributed by atoms with Gasteiger partial charge in [0.2, 0.25) is 0 Å². The van der Waals surface area contributed by atoms with Crippen molar-refractivity contribution in [3.8, 4) is 5.75 Å². The Morgan fingerprint density at radius 1 is 1.50 bits per heavy atom. The van der Waals surface area contributed by atoms with Gasteiger partial charge in [0.25, 0.3) is 0 Å². The first kappa shape index (κ1) is 14.9. The van der Waals surface area contributed by atoms with Gasteiger partial charge in [-0.3, -0.25) is 9.69 Å². The molecule has 2 unspecified atom stereocenters. The van der Waals surface area contributed by atoms with Crippen LogP contribution >= 0.6 is 0 Å². The number of methoxy groups -OCH3 is 1. The van der Waals surface area contributed by atoms with E-state index in [2.05, 4.69) is 11.8 Å². The van der Waals surface area contributed by atoms with Crippen molar-refractivity contribution in [1.82, 2.24) is 4.90 Å². The third-order valence-electron chi connectivity index (χ3n) is 4.13. The lowest BCUT2D eigenvalue weighted by molar-refractivity contribution is 0.0765. The van der Waals surface area contributed by atoms with Gasteiger partial charge < -0.3 is 10.5 Å². The molecule has 2 atom stereocenters. The van der Waals surface area contributed by atoms with E-state index in [0.29, 0.717) is 22.9 Å². The molecule has 0 radical (unpaired) electrons. The van der Waals surface area contributed by atoms with Crippen LogP contribution in [0.1, 0.15) is 37.0 Å². The summed E-state index contributed by atoms with van der Waals surface area (Å²) < 4.78 is 5.12. The van der Waals surface area contributed by atoms with Gasteiger partial charge in [0.1, 0.15) is 5.75 Å². The molecule has 1 heterocycles. The molecule has 1 aliphatic rings. The van der Waals surface area contributed by atoms with E-state index in [1.54, 1.807) is 25.3 Å². The predicted octanol–water partition coefficient (Wildman–Crippen LogP) is 2.58. The van der Waals surface area contributed by atoms with Gasteiger partial charge in [-0.25, -0.2) is 0 Å². The number of piperidine rings is 1. The molecule has 0 amide bonds. The first-order valence-electron chi connectivity index (χ1n) is 7.24. The van der Waals surface area contributed by atoms with Crippen molar-refractivity contribution in [2.24, 2.45) is 5.92 Å². The molecule has 2 N–H and O–H groups in total. The monoisotopic (exact) mass is 276 g/mol. The number of Topliss-reactive ketones (excluding diaryl/α,β-unsaturated/α-hetero) is 1. The summed E-state index contributed by atoms with van der Waals surface area (Å²) in [7, 11) is 1.57. The third kappa shape index (κ3) is 3.12. The Kier molecular flexibility index (Phi) is 4.65. The molecule has 1 aromatic rings. The Morgan fingerprint density at radius 2 is 2.25 bits per heavy atom. The minimum atomic E-state index is -0.0921. The number of carbonyl (C=O) groups excluding carboxylic acids is 1. The first-order valence-corrected chi connectivity index (χ1v) is 7.24. The number of ketones is 1. The number of carbonyl (C=O) groups is 1. The van der Waals surface area contributed by atoms with Crippen molar-refractivity contribution < 1.29 is 9.53 Å². The van der Waals surface area contributed by atoms with Gasteiger partial charge in [0, 0.05) is 12.1 Å². The molecule has 1 fully saturated rings. The second kappa shape index (κ2) is 6.27. The first-order chi connectivity index (χ1) is 9.52. The van der Waals surface area contributed by atoms with Gasteiger partial charge in [-0.1, -0.05) is 6.92 Å². The number of hydrogen-bond acceptors (Lipinski definition) is 4. The molecule has 110 valence electrons. The highest BCUT2D eigenvalue weighted by Gasteiger charge is 2.26. The van der Waals surface area contributed by atoms with Crippen molar-refractivity contribution in [3.63, 3.8) is 0 Å². The van der Waals surface area contributed by atoms with Gasteiger partial charge in [-0.15, -0.1) is 0 Å². The van der Waals surface area contributed by atoms with Crippen LogP contribution in [0.15, 0.2) is 18.2 Å². The van der Waals surface area contributed by atoms with Crippen LogP contribution in [0.4, 0.5) is 5.69 Å². The predicted molar refractivity (Wildman–Crippen MR) is 81.2 cm³/mol. The summed E-state index contributed by atoms with van der Waals surface area (Å²) in [6.07, 6.45) is 2.43. The summed E-state index contributed by atoms with van der Waals surface area (Å²) in [6, 6.07) is 5.17. The molecule has 4 heteroatoms. The number of hydrogen-bond donors (Lipinski definition) is 1. The van der Waals surface area contributed by atoms with E-state index >= 15 is 0 Å². The lowest BCUT2D eigenvalue weighted by Crippen LogP contribution is -2.44. The molecule has 4 nitrogen and oxygen atoms in total. The van der Waals surface area contributed by atoms with Crippen molar-refractivity contribution >= 4 is 11.5 Å². The zero-order chi connectivity index (χ0) is 14.7. The van der Waals surface area contributed by atoms with Gasteiger partial charge in [0.15, 0.2) is 5.78 Å². The van der Waals surface area contributed by atoms with Gasteiger partial charge in [0.05, 0.1) is 18.8 Å². The van der Waals surface area contributed by atoms with Crippen molar-refractivity contribution in [2.45, 2.75) is 32.7 Å². The van der Waals surface area contributed by atoms with Crippen molar-refractivity contribution in [3.05, 3.63) is 23.8 Å². The van der Waals surface area contributed by atoms with E-state index in [1.807, 2.05) is 6.92 Å². The maximum Gasteiger partial charge on any atom is 0.179 e. The fraction of sp³-hybridized carbons (Fsp3) is 0.562. The number of anilines is 1. The number of likely N-dealkylation sites (tertiary alicyclic amines) is 1. The molecular formula is C16H24N2O2. The lowest BCUT2D eigenvalue weighted by Gasteiger charge is -2.34. The number of nitrogens with two attached hydrogens (primary N) is 1. The summed E-state index contributed by atoms with van der Waals surface area (Å²) in [6.45, 7) is 6.23. The zero-order valence-corrected chi connectivity index (χ0v) is 12.6. The van der Waals surface area contributed by atoms with Crippen molar-refractivity contribution in [1.29, 1.82) is 0 Å². The number of nitrogen functional groups attached to an aromatic ring is 1. The molecule has 1 saturated heterocycles. The molecule has 20 heavy (non-hydrogen) atoms. The fourth-order valence-corrected chi connectivity index (χ4v) is 2.87. The van der Waals surface area contributed by atoms with E-state index in [-0.39, 0.29) is 11.8 Å². The second-order valence-electron chi connectivity index (χ2n) is 5.74. The normalized spacial score (nSPS) is 21.4. The topological polar surface area (TPSA) is 55.6 Å². The smallest absolute Gasteiger partial charge is 0.179 e. The number of rotatable bonds is 4. The van der Waals surface area contributed by atoms with Crippen LogP contribution in [-0.4, -0.2) is 36.9 Å². The molecule has 0 aliphatic carbocycles.